The van der Waals surface area contributed by atoms with Crippen molar-refractivity contribution < 1.29 is 9.47 Å². The standard InChI is InChI=1S/C19H26N4O2.HI/c1-23(14-15-7-5-4-6-8-15)12-11-21-19(20)22-17-13-16(24-2)9-10-18(17)25-3;/h4-10,13H,11-12,14H2,1-3H3,(H3,20,21,22);1H. The number of nitrogens with zero attached hydrogens (tertiary/aromatic N) is 2. The highest BCUT2D eigenvalue weighted by atomic mass is 127. The van der Waals surface area contributed by atoms with Crippen LogP contribution < -0.4 is 20.5 Å². The Kier molecular flexibility index (Phi) is 9.82. The molecule has 0 atom stereocenters. The van der Waals surface area contributed by atoms with Gasteiger partial charge in [0.25, 0.3) is 0 Å². The van der Waals surface area contributed by atoms with E-state index in [1.165, 1.54) is 5.56 Å². The molecule has 0 aliphatic heterocycles. The Morgan fingerprint density at radius 1 is 1.12 bits per heavy atom. The van der Waals surface area contributed by atoms with Crippen molar-refractivity contribution >= 4 is 35.6 Å². The van der Waals surface area contributed by atoms with Crippen LogP contribution in [0.25, 0.3) is 0 Å². The van der Waals surface area contributed by atoms with Gasteiger partial charge in [-0.1, -0.05) is 30.3 Å². The SMILES string of the molecule is COc1ccc(OC)c(NC(N)=NCCN(C)Cc2ccccc2)c1.I. The number of nitrogens with one attached hydrogen (secondary N) is 1. The van der Waals surface area contributed by atoms with Crippen molar-refractivity contribution in [3.8, 4) is 11.5 Å². The van der Waals surface area contributed by atoms with E-state index in [1.54, 1.807) is 14.2 Å². The lowest BCUT2D eigenvalue weighted by molar-refractivity contribution is 0.336. The van der Waals surface area contributed by atoms with Crippen molar-refractivity contribution in [1.29, 1.82) is 0 Å². The Morgan fingerprint density at radius 3 is 2.50 bits per heavy atom. The van der Waals surface area contributed by atoms with Gasteiger partial charge in [0, 0.05) is 19.2 Å². The average molecular weight is 470 g/mol. The average Bonchev–Trinajstić information content (AvgIpc) is 2.62. The normalized spacial score (nSPS) is 11.0. The molecule has 3 N–H and O–H groups in total. The second-order valence-electron chi connectivity index (χ2n) is 5.68. The van der Waals surface area contributed by atoms with E-state index in [2.05, 4.69) is 34.4 Å². The summed E-state index contributed by atoms with van der Waals surface area (Å²) in [6.45, 7) is 2.30. The number of halogens is 1. The second kappa shape index (κ2) is 11.6. The van der Waals surface area contributed by atoms with Gasteiger partial charge in [-0.05, 0) is 24.7 Å². The van der Waals surface area contributed by atoms with Gasteiger partial charge >= 0.3 is 0 Å². The third-order valence-electron chi connectivity index (χ3n) is 3.73. The topological polar surface area (TPSA) is 72.1 Å². The summed E-state index contributed by atoms with van der Waals surface area (Å²) >= 11 is 0. The van der Waals surface area contributed by atoms with Crippen LogP contribution in [0.2, 0.25) is 0 Å². The summed E-state index contributed by atoms with van der Waals surface area (Å²) < 4.78 is 10.5. The molecule has 142 valence electrons. The maximum Gasteiger partial charge on any atom is 0.193 e. The molecule has 0 bridgehead atoms. The van der Waals surface area contributed by atoms with Gasteiger partial charge in [0.15, 0.2) is 5.96 Å². The molecule has 2 aromatic rings. The molecule has 0 fully saturated rings. The van der Waals surface area contributed by atoms with E-state index in [4.69, 9.17) is 15.2 Å². The van der Waals surface area contributed by atoms with Crippen LogP contribution in [0.5, 0.6) is 11.5 Å². The molecule has 0 aromatic heterocycles. The lowest BCUT2D eigenvalue weighted by Gasteiger charge is -2.16. The molecule has 0 saturated heterocycles. The smallest absolute Gasteiger partial charge is 0.193 e. The molecule has 0 aliphatic rings. The number of likely N-dealkylation sites (N-methyl/N-ethyl adjacent to an activating group) is 1. The van der Waals surface area contributed by atoms with E-state index >= 15 is 0 Å². The molecule has 7 heteroatoms. The summed E-state index contributed by atoms with van der Waals surface area (Å²) in [6, 6.07) is 15.8. The predicted octanol–water partition coefficient (Wildman–Crippen LogP) is 3.18. The molecular formula is C19H27IN4O2. The molecule has 0 radical (unpaired) electrons. The largest absolute Gasteiger partial charge is 0.497 e. The molecule has 0 unspecified atom stereocenters. The summed E-state index contributed by atoms with van der Waals surface area (Å²) in [7, 11) is 5.29. The summed E-state index contributed by atoms with van der Waals surface area (Å²) in [5.41, 5.74) is 7.99. The Balaban J connectivity index is 0.00000338. The Morgan fingerprint density at radius 2 is 1.85 bits per heavy atom. The second-order valence-corrected chi connectivity index (χ2v) is 5.68. The lowest BCUT2D eigenvalue weighted by Crippen LogP contribution is -2.26. The first kappa shape index (κ1) is 22.0. The number of guanidine groups is 1. The van der Waals surface area contributed by atoms with Crippen molar-refractivity contribution in [1.82, 2.24) is 4.90 Å². The first-order chi connectivity index (χ1) is 12.1. The van der Waals surface area contributed by atoms with Crippen molar-refractivity contribution in [3.05, 3.63) is 54.1 Å². The van der Waals surface area contributed by atoms with Gasteiger partial charge < -0.3 is 25.4 Å². The van der Waals surface area contributed by atoms with Crippen molar-refractivity contribution in [3.63, 3.8) is 0 Å². The number of hydrogen-bond acceptors (Lipinski definition) is 4. The number of methoxy groups -OCH3 is 2. The predicted molar refractivity (Wildman–Crippen MR) is 118 cm³/mol. The molecule has 0 aliphatic carbocycles. The summed E-state index contributed by atoms with van der Waals surface area (Å²) in [6.07, 6.45) is 0. The van der Waals surface area contributed by atoms with Crippen molar-refractivity contribution in [2.24, 2.45) is 10.7 Å². The fourth-order valence-corrected chi connectivity index (χ4v) is 2.40. The minimum Gasteiger partial charge on any atom is -0.497 e. The minimum atomic E-state index is 0. The van der Waals surface area contributed by atoms with Crippen molar-refractivity contribution in [2.75, 3.05) is 39.7 Å². The zero-order chi connectivity index (χ0) is 18.1. The Hall–Kier alpha value is -2.00. The van der Waals surface area contributed by atoms with E-state index < -0.39 is 0 Å². The molecular weight excluding hydrogens is 443 g/mol. The third kappa shape index (κ3) is 7.09. The van der Waals surface area contributed by atoms with Gasteiger partial charge in [-0.25, -0.2) is 0 Å². The molecule has 0 saturated carbocycles. The van der Waals surface area contributed by atoms with Crippen LogP contribution in [0.3, 0.4) is 0 Å². The zero-order valence-electron chi connectivity index (χ0n) is 15.4. The molecule has 0 spiro atoms. The number of benzene rings is 2. The maximum absolute atomic E-state index is 5.98. The molecule has 2 aromatic carbocycles. The third-order valence-corrected chi connectivity index (χ3v) is 3.73. The van der Waals surface area contributed by atoms with E-state index in [0.717, 1.165) is 24.5 Å². The Labute approximate surface area is 172 Å². The fraction of sp³-hybridized carbons (Fsp3) is 0.316. The molecule has 2 rings (SSSR count). The number of nitrogens with two attached hydrogens (primary N) is 1. The van der Waals surface area contributed by atoms with Crippen LogP contribution >= 0.6 is 24.0 Å². The lowest BCUT2D eigenvalue weighted by atomic mass is 10.2. The Bertz CT molecular complexity index is 695. The van der Waals surface area contributed by atoms with Gasteiger partial charge in [0.05, 0.1) is 26.5 Å². The van der Waals surface area contributed by atoms with Gasteiger partial charge in [-0.2, -0.15) is 0 Å². The molecule has 26 heavy (non-hydrogen) atoms. The highest BCUT2D eigenvalue weighted by Gasteiger charge is 2.06. The van der Waals surface area contributed by atoms with Gasteiger partial charge in [-0.15, -0.1) is 24.0 Å². The summed E-state index contributed by atoms with van der Waals surface area (Å²) in [5.74, 6) is 1.75. The first-order valence-electron chi connectivity index (χ1n) is 8.14. The zero-order valence-corrected chi connectivity index (χ0v) is 17.8. The van der Waals surface area contributed by atoms with E-state index in [9.17, 15) is 0 Å². The van der Waals surface area contributed by atoms with Crippen LogP contribution in [0.4, 0.5) is 5.69 Å². The number of rotatable bonds is 8. The monoisotopic (exact) mass is 470 g/mol. The summed E-state index contributed by atoms with van der Waals surface area (Å²) in [5, 5.41) is 3.06. The minimum absolute atomic E-state index is 0. The van der Waals surface area contributed by atoms with Crippen LogP contribution in [0, 0.1) is 0 Å². The van der Waals surface area contributed by atoms with Crippen LogP contribution in [-0.4, -0.2) is 45.2 Å². The molecule has 0 heterocycles. The number of anilines is 1. The summed E-state index contributed by atoms with van der Waals surface area (Å²) in [4.78, 5) is 6.58. The van der Waals surface area contributed by atoms with Crippen LogP contribution in [0.15, 0.2) is 53.5 Å². The maximum atomic E-state index is 5.98. The number of ether oxygens (including phenoxy) is 2. The number of hydrogen-bond donors (Lipinski definition) is 2. The molecule has 6 nitrogen and oxygen atoms in total. The van der Waals surface area contributed by atoms with Crippen LogP contribution in [-0.2, 0) is 6.54 Å². The van der Waals surface area contributed by atoms with Gasteiger partial charge in [0.1, 0.15) is 11.5 Å². The first-order valence-corrected chi connectivity index (χ1v) is 8.14. The van der Waals surface area contributed by atoms with E-state index in [-0.39, 0.29) is 24.0 Å². The quantitative estimate of drug-likeness (QED) is 0.352. The van der Waals surface area contributed by atoms with Gasteiger partial charge in [0.2, 0.25) is 0 Å². The van der Waals surface area contributed by atoms with Crippen molar-refractivity contribution in [2.45, 2.75) is 6.54 Å². The highest BCUT2D eigenvalue weighted by Crippen LogP contribution is 2.28. The van der Waals surface area contributed by atoms with Gasteiger partial charge in [-0.3, -0.25) is 4.99 Å². The highest BCUT2D eigenvalue weighted by molar-refractivity contribution is 14.0. The number of aliphatic imine (C=N–C) groups is 1. The van der Waals surface area contributed by atoms with Crippen LogP contribution in [0.1, 0.15) is 5.56 Å². The fourth-order valence-electron chi connectivity index (χ4n) is 2.40. The van der Waals surface area contributed by atoms with E-state index in [0.29, 0.717) is 18.3 Å². The van der Waals surface area contributed by atoms with E-state index in [1.807, 2.05) is 36.4 Å². The molecule has 0 amide bonds.